The van der Waals surface area contributed by atoms with Crippen molar-refractivity contribution >= 4 is 11.4 Å². The highest BCUT2D eigenvalue weighted by Crippen LogP contribution is 2.32. The summed E-state index contributed by atoms with van der Waals surface area (Å²) >= 11 is 0. The fraction of sp³-hybridized carbons (Fsp3) is 0.316. The van der Waals surface area contributed by atoms with Gasteiger partial charge in [0.25, 0.3) is 0 Å². The molecular formula is C19H22N2O. The number of rotatable bonds is 4. The molecule has 1 N–H and O–H groups in total. The SMILES string of the molecule is CC[C@H]1C(c2cccc(C)c2)=NN(c2ccccc2)[C@@H]1CO. The molecule has 0 saturated carbocycles. The zero-order valence-electron chi connectivity index (χ0n) is 13.1. The molecule has 0 aliphatic carbocycles. The Morgan fingerprint density at radius 2 is 1.86 bits per heavy atom. The molecule has 0 saturated heterocycles. The largest absolute Gasteiger partial charge is 0.394 e. The van der Waals surface area contributed by atoms with Gasteiger partial charge in [0.05, 0.1) is 24.0 Å². The second kappa shape index (κ2) is 6.32. The van der Waals surface area contributed by atoms with Gasteiger partial charge in [-0.25, -0.2) is 0 Å². The molecule has 2 aromatic carbocycles. The second-order valence-corrected chi connectivity index (χ2v) is 5.80. The number of aryl methyl sites for hydroxylation is 1. The predicted octanol–water partition coefficient (Wildman–Crippen LogP) is 3.61. The molecule has 0 bridgehead atoms. The summed E-state index contributed by atoms with van der Waals surface area (Å²) in [5.41, 5.74) is 4.49. The molecule has 0 spiro atoms. The Morgan fingerprint density at radius 3 is 2.50 bits per heavy atom. The Balaban J connectivity index is 2.04. The van der Waals surface area contributed by atoms with Crippen molar-refractivity contribution in [3.8, 4) is 0 Å². The summed E-state index contributed by atoms with van der Waals surface area (Å²) in [5, 5.41) is 16.7. The lowest BCUT2D eigenvalue weighted by molar-refractivity contribution is 0.244. The lowest BCUT2D eigenvalue weighted by atomic mass is 9.88. The molecule has 22 heavy (non-hydrogen) atoms. The van der Waals surface area contributed by atoms with Crippen LogP contribution in [0.2, 0.25) is 0 Å². The first-order chi connectivity index (χ1) is 10.7. The molecule has 0 fully saturated rings. The van der Waals surface area contributed by atoms with Crippen molar-refractivity contribution in [2.75, 3.05) is 11.6 Å². The Kier molecular flexibility index (Phi) is 4.25. The third kappa shape index (κ3) is 2.64. The third-order valence-corrected chi connectivity index (χ3v) is 4.31. The van der Waals surface area contributed by atoms with Crippen LogP contribution in [0, 0.1) is 12.8 Å². The van der Waals surface area contributed by atoms with Crippen molar-refractivity contribution < 1.29 is 5.11 Å². The van der Waals surface area contributed by atoms with E-state index in [9.17, 15) is 5.11 Å². The van der Waals surface area contributed by atoms with Gasteiger partial charge in [0.15, 0.2) is 0 Å². The molecule has 0 amide bonds. The minimum atomic E-state index is 0.00270. The smallest absolute Gasteiger partial charge is 0.0841 e. The Morgan fingerprint density at radius 1 is 1.09 bits per heavy atom. The summed E-state index contributed by atoms with van der Waals surface area (Å²) in [7, 11) is 0. The third-order valence-electron chi connectivity index (χ3n) is 4.31. The van der Waals surface area contributed by atoms with Gasteiger partial charge in [0, 0.05) is 5.92 Å². The molecule has 0 aromatic heterocycles. The van der Waals surface area contributed by atoms with Crippen LogP contribution in [0.5, 0.6) is 0 Å². The normalized spacial score (nSPS) is 21.0. The summed E-state index contributed by atoms with van der Waals surface area (Å²) in [4.78, 5) is 0. The van der Waals surface area contributed by atoms with Gasteiger partial charge in [-0.3, -0.25) is 5.01 Å². The van der Waals surface area contributed by atoms with E-state index in [0.29, 0.717) is 0 Å². The number of hydrazone groups is 1. The van der Waals surface area contributed by atoms with Gasteiger partial charge < -0.3 is 5.11 Å². The molecule has 1 aliphatic heterocycles. The molecule has 0 unspecified atom stereocenters. The fourth-order valence-corrected chi connectivity index (χ4v) is 3.19. The summed E-state index contributed by atoms with van der Waals surface area (Å²) < 4.78 is 0. The quantitative estimate of drug-likeness (QED) is 0.935. The summed E-state index contributed by atoms with van der Waals surface area (Å²) in [6.45, 7) is 4.36. The van der Waals surface area contributed by atoms with Crippen LogP contribution in [0.15, 0.2) is 59.7 Å². The number of nitrogens with zero attached hydrogens (tertiary/aromatic N) is 2. The molecular weight excluding hydrogens is 272 g/mol. The zero-order valence-corrected chi connectivity index (χ0v) is 13.1. The molecule has 2 aromatic rings. The predicted molar refractivity (Wildman–Crippen MR) is 91.3 cm³/mol. The van der Waals surface area contributed by atoms with E-state index in [2.05, 4.69) is 38.1 Å². The number of anilines is 1. The van der Waals surface area contributed by atoms with E-state index >= 15 is 0 Å². The van der Waals surface area contributed by atoms with Gasteiger partial charge in [-0.2, -0.15) is 5.10 Å². The van der Waals surface area contributed by atoms with Crippen LogP contribution in [0.25, 0.3) is 0 Å². The number of hydrogen-bond acceptors (Lipinski definition) is 3. The van der Waals surface area contributed by atoms with Crippen molar-refractivity contribution in [1.29, 1.82) is 0 Å². The van der Waals surface area contributed by atoms with Crippen LogP contribution in [0.1, 0.15) is 24.5 Å². The molecule has 1 heterocycles. The van der Waals surface area contributed by atoms with E-state index in [1.165, 1.54) is 5.56 Å². The topological polar surface area (TPSA) is 35.8 Å². The lowest BCUT2D eigenvalue weighted by Gasteiger charge is -2.25. The number of para-hydroxylation sites is 1. The van der Waals surface area contributed by atoms with Gasteiger partial charge in [-0.05, 0) is 31.0 Å². The minimum absolute atomic E-state index is 0.00270. The molecule has 1 aliphatic rings. The summed E-state index contributed by atoms with van der Waals surface area (Å²) in [6.07, 6.45) is 0.960. The maximum atomic E-state index is 9.90. The van der Waals surface area contributed by atoms with Crippen molar-refractivity contribution in [2.45, 2.75) is 26.3 Å². The van der Waals surface area contributed by atoms with E-state index in [0.717, 1.165) is 23.4 Å². The van der Waals surface area contributed by atoms with E-state index in [1.807, 2.05) is 35.3 Å². The molecule has 0 radical (unpaired) electrons. The first-order valence-electron chi connectivity index (χ1n) is 7.85. The standard InChI is InChI=1S/C19H22N2O/c1-3-17-18(13-22)21(16-10-5-4-6-11-16)20-19(17)15-9-7-8-14(2)12-15/h4-12,17-18,22H,3,13H2,1-2H3/t17-,18-/m1/s1. The van der Waals surface area contributed by atoms with E-state index in [4.69, 9.17) is 5.10 Å². The summed E-state index contributed by atoms with van der Waals surface area (Å²) in [5.74, 6) is 0.243. The van der Waals surface area contributed by atoms with Gasteiger partial charge in [-0.1, -0.05) is 55.0 Å². The fourth-order valence-electron chi connectivity index (χ4n) is 3.19. The number of aliphatic hydroxyl groups excluding tert-OH is 1. The van der Waals surface area contributed by atoms with Crippen LogP contribution in [0.3, 0.4) is 0 Å². The number of benzene rings is 2. The Bertz CT molecular complexity index is 666. The number of aliphatic hydroxyl groups is 1. The zero-order chi connectivity index (χ0) is 15.5. The van der Waals surface area contributed by atoms with Crippen LogP contribution in [0.4, 0.5) is 5.69 Å². The molecule has 2 atom stereocenters. The average molecular weight is 294 g/mol. The van der Waals surface area contributed by atoms with Gasteiger partial charge in [-0.15, -0.1) is 0 Å². The van der Waals surface area contributed by atoms with Crippen molar-refractivity contribution in [3.05, 3.63) is 65.7 Å². The van der Waals surface area contributed by atoms with Crippen LogP contribution < -0.4 is 5.01 Å². The van der Waals surface area contributed by atoms with Gasteiger partial charge in [0.1, 0.15) is 0 Å². The highest BCUT2D eigenvalue weighted by atomic mass is 16.3. The lowest BCUT2D eigenvalue weighted by Crippen LogP contribution is -2.36. The van der Waals surface area contributed by atoms with Crippen LogP contribution in [-0.4, -0.2) is 23.5 Å². The first-order valence-corrected chi connectivity index (χ1v) is 7.85. The van der Waals surface area contributed by atoms with E-state index < -0.39 is 0 Å². The van der Waals surface area contributed by atoms with Crippen LogP contribution in [-0.2, 0) is 0 Å². The van der Waals surface area contributed by atoms with Gasteiger partial charge >= 0.3 is 0 Å². The number of hydrogen-bond donors (Lipinski definition) is 1. The van der Waals surface area contributed by atoms with Crippen molar-refractivity contribution in [2.24, 2.45) is 11.0 Å². The maximum absolute atomic E-state index is 9.90. The Labute approximate surface area is 131 Å². The molecule has 3 rings (SSSR count). The first kappa shape index (κ1) is 14.8. The monoisotopic (exact) mass is 294 g/mol. The average Bonchev–Trinajstić information content (AvgIpc) is 2.94. The Hall–Kier alpha value is -2.13. The van der Waals surface area contributed by atoms with Crippen molar-refractivity contribution in [3.63, 3.8) is 0 Å². The van der Waals surface area contributed by atoms with Crippen LogP contribution >= 0.6 is 0 Å². The molecule has 3 heteroatoms. The summed E-state index contributed by atoms with van der Waals surface area (Å²) in [6, 6.07) is 18.5. The van der Waals surface area contributed by atoms with Gasteiger partial charge in [0.2, 0.25) is 0 Å². The maximum Gasteiger partial charge on any atom is 0.0841 e. The second-order valence-electron chi connectivity index (χ2n) is 5.80. The molecule has 3 nitrogen and oxygen atoms in total. The van der Waals surface area contributed by atoms with E-state index in [1.54, 1.807) is 0 Å². The highest BCUT2D eigenvalue weighted by molar-refractivity contribution is 6.05. The highest BCUT2D eigenvalue weighted by Gasteiger charge is 2.36. The van der Waals surface area contributed by atoms with E-state index in [-0.39, 0.29) is 18.6 Å². The molecule has 114 valence electrons. The minimum Gasteiger partial charge on any atom is -0.394 e. The van der Waals surface area contributed by atoms with Crippen molar-refractivity contribution in [1.82, 2.24) is 0 Å².